The number of hydrogen-bond donors (Lipinski definition) is 1. The molecule has 9 nitrogen and oxygen atoms in total. The van der Waals surface area contributed by atoms with E-state index >= 15 is 0 Å². The van der Waals surface area contributed by atoms with Crippen LogP contribution >= 0.6 is 0 Å². The number of nitrogens with zero attached hydrogens (tertiary/aromatic N) is 2. The molecule has 0 saturated carbocycles. The van der Waals surface area contributed by atoms with Gasteiger partial charge < -0.3 is 34.1 Å². The topological polar surface area (TPSA) is 89.6 Å². The molecule has 0 saturated heterocycles. The predicted molar refractivity (Wildman–Crippen MR) is 128 cm³/mol. The fraction of sp³-hybridized carbons (Fsp3) is 0.440. The van der Waals surface area contributed by atoms with Crippen molar-refractivity contribution in [1.29, 1.82) is 0 Å². The van der Waals surface area contributed by atoms with Crippen LogP contribution in [0, 0.1) is 0 Å². The molecule has 1 aliphatic rings. The van der Waals surface area contributed by atoms with Crippen molar-refractivity contribution in [1.82, 2.24) is 15.1 Å². The molecule has 0 radical (unpaired) electrons. The highest BCUT2D eigenvalue weighted by Crippen LogP contribution is 2.46. The summed E-state index contributed by atoms with van der Waals surface area (Å²) in [4.78, 5) is 30.6. The quantitative estimate of drug-likeness (QED) is 0.600. The molecule has 0 bridgehead atoms. The van der Waals surface area contributed by atoms with Crippen molar-refractivity contribution in [3.05, 3.63) is 47.0 Å². The lowest BCUT2D eigenvalue weighted by Gasteiger charge is -2.40. The van der Waals surface area contributed by atoms with Crippen LogP contribution < -0.4 is 24.3 Å². The van der Waals surface area contributed by atoms with E-state index in [1.54, 1.807) is 50.4 Å². The number of likely N-dealkylation sites (N-methyl/N-ethyl adjacent to an activating group) is 2. The molecule has 3 rings (SSSR count). The third kappa shape index (κ3) is 4.75. The summed E-state index contributed by atoms with van der Waals surface area (Å²) in [6.45, 7) is 1.16. The number of carbonyl (C=O) groups excluding carboxylic acids is 2. The fourth-order valence-electron chi connectivity index (χ4n) is 4.30. The fourth-order valence-corrected chi connectivity index (χ4v) is 4.30. The molecular weight excluding hydrogens is 438 g/mol. The summed E-state index contributed by atoms with van der Waals surface area (Å²) in [5, 5.41) is 3.03. The van der Waals surface area contributed by atoms with Gasteiger partial charge in [0, 0.05) is 25.7 Å². The molecule has 184 valence electrons. The van der Waals surface area contributed by atoms with Crippen molar-refractivity contribution in [2.24, 2.45) is 0 Å². The van der Waals surface area contributed by atoms with E-state index in [4.69, 9.17) is 18.9 Å². The lowest BCUT2D eigenvalue weighted by atomic mass is 9.79. The molecule has 0 aromatic heterocycles. The smallest absolute Gasteiger partial charge is 0.254 e. The summed E-state index contributed by atoms with van der Waals surface area (Å²) >= 11 is 0. The number of ether oxygens (including phenoxy) is 4. The molecule has 2 amide bonds. The van der Waals surface area contributed by atoms with E-state index in [1.807, 2.05) is 25.1 Å². The van der Waals surface area contributed by atoms with E-state index in [9.17, 15) is 9.59 Å². The second kappa shape index (κ2) is 10.6. The van der Waals surface area contributed by atoms with Crippen molar-refractivity contribution in [2.45, 2.75) is 12.0 Å². The van der Waals surface area contributed by atoms with E-state index in [0.717, 1.165) is 5.56 Å². The first kappa shape index (κ1) is 25.2. The predicted octanol–water partition coefficient (Wildman–Crippen LogP) is 2.31. The molecule has 0 spiro atoms. The third-order valence-electron chi connectivity index (χ3n) is 6.06. The Bertz CT molecular complexity index is 1060. The molecule has 34 heavy (non-hydrogen) atoms. The first-order valence-electron chi connectivity index (χ1n) is 10.9. The van der Waals surface area contributed by atoms with Gasteiger partial charge in [-0.25, -0.2) is 0 Å². The van der Waals surface area contributed by atoms with Crippen molar-refractivity contribution < 1.29 is 28.5 Å². The monoisotopic (exact) mass is 471 g/mol. The van der Waals surface area contributed by atoms with Crippen LogP contribution in [0.25, 0.3) is 0 Å². The summed E-state index contributed by atoms with van der Waals surface area (Å²) < 4.78 is 21.7. The third-order valence-corrected chi connectivity index (χ3v) is 6.06. The van der Waals surface area contributed by atoms with E-state index in [0.29, 0.717) is 47.2 Å². The minimum absolute atomic E-state index is 0.186. The van der Waals surface area contributed by atoms with Crippen molar-refractivity contribution in [3.63, 3.8) is 0 Å². The maximum absolute atomic E-state index is 13.6. The molecule has 9 heteroatoms. The van der Waals surface area contributed by atoms with Gasteiger partial charge in [0.05, 0.1) is 40.4 Å². The first-order valence-corrected chi connectivity index (χ1v) is 10.9. The molecular formula is C25H33N3O6. The zero-order valence-electron chi connectivity index (χ0n) is 20.8. The SMILES string of the molecule is COc1ccc([C@@H]2[C@H](C(=O)NCCN(C)C)c3cc(OC)c(OC)cc3C(=O)N2C)cc1OC. The molecule has 1 heterocycles. The van der Waals surface area contributed by atoms with Crippen LogP contribution in [-0.2, 0) is 4.79 Å². The van der Waals surface area contributed by atoms with Gasteiger partial charge in [0.15, 0.2) is 23.0 Å². The standard InChI is InChI=1S/C25H33N3O6/c1-27(2)11-10-26-24(29)22-16-13-20(33-6)21(34-7)14-17(16)25(30)28(3)23(22)15-8-9-18(31-4)19(12-15)32-5/h8-9,12-14,22-23H,10-11H2,1-7H3,(H,26,29)/t22-,23-/m1/s1. The average Bonchev–Trinajstić information content (AvgIpc) is 2.84. The number of methoxy groups -OCH3 is 4. The number of hydrogen-bond acceptors (Lipinski definition) is 7. The van der Waals surface area contributed by atoms with Gasteiger partial charge in [0.25, 0.3) is 5.91 Å². The highest BCUT2D eigenvalue weighted by Gasteiger charge is 2.43. The summed E-state index contributed by atoms with van der Waals surface area (Å²) in [6, 6.07) is 8.22. The minimum atomic E-state index is -0.683. The van der Waals surface area contributed by atoms with Crippen molar-refractivity contribution in [2.75, 3.05) is 62.7 Å². The van der Waals surface area contributed by atoms with E-state index in [2.05, 4.69) is 5.32 Å². The van der Waals surface area contributed by atoms with Gasteiger partial charge in [-0.15, -0.1) is 0 Å². The molecule has 1 N–H and O–H groups in total. The van der Waals surface area contributed by atoms with E-state index in [-0.39, 0.29) is 11.8 Å². The summed E-state index contributed by atoms with van der Waals surface area (Å²) in [5.74, 6) is 0.885. The van der Waals surface area contributed by atoms with Gasteiger partial charge in [0.1, 0.15) is 0 Å². The highest BCUT2D eigenvalue weighted by atomic mass is 16.5. The number of fused-ring (bicyclic) bond motifs is 1. The maximum atomic E-state index is 13.6. The molecule has 0 fully saturated rings. The van der Waals surface area contributed by atoms with Crippen LogP contribution in [0.5, 0.6) is 23.0 Å². The van der Waals surface area contributed by atoms with Gasteiger partial charge in [-0.2, -0.15) is 0 Å². The van der Waals surface area contributed by atoms with Crippen LogP contribution in [0.15, 0.2) is 30.3 Å². The van der Waals surface area contributed by atoms with E-state index < -0.39 is 12.0 Å². The molecule has 2 aromatic rings. The van der Waals surface area contributed by atoms with Crippen LogP contribution in [0.1, 0.15) is 33.4 Å². The van der Waals surface area contributed by atoms with Gasteiger partial charge >= 0.3 is 0 Å². The Labute approximate surface area is 200 Å². The first-order chi connectivity index (χ1) is 16.3. The number of rotatable bonds is 9. The number of carbonyl (C=O) groups is 2. The zero-order valence-corrected chi connectivity index (χ0v) is 20.8. The van der Waals surface area contributed by atoms with Gasteiger partial charge in [-0.1, -0.05) is 6.07 Å². The Balaban J connectivity index is 2.17. The lowest BCUT2D eigenvalue weighted by Crippen LogP contribution is -2.46. The molecule has 1 aliphatic heterocycles. The zero-order chi connectivity index (χ0) is 25.0. The Kier molecular flexibility index (Phi) is 7.88. The van der Waals surface area contributed by atoms with Gasteiger partial charge in [-0.3, -0.25) is 9.59 Å². The normalized spacial score (nSPS) is 17.3. The second-order valence-electron chi connectivity index (χ2n) is 8.34. The molecule has 0 aliphatic carbocycles. The van der Waals surface area contributed by atoms with Crippen molar-refractivity contribution in [3.8, 4) is 23.0 Å². The van der Waals surface area contributed by atoms with Gasteiger partial charge in [0.2, 0.25) is 5.91 Å². The van der Waals surface area contributed by atoms with E-state index in [1.165, 1.54) is 14.2 Å². The largest absolute Gasteiger partial charge is 0.493 e. The second-order valence-corrected chi connectivity index (χ2v) is 8.34. The Morgan fingerprint density at radius 3 is 2.12 bits per heavy atom. The minimum Gasteiger partial charge on any atom is -0.493 e. The number of amides is 2. The number of benzene rings is 2. The number of nitrogens with one attached hydrogen (secondary N) is 1. The lowest BCUT2D eigenvalue weighted by molar-refractivity contribution is -0.124. The van der Waals surface area contributed by atoms with Crippen LogP contribution in [0.2, 0.25) is 0 Å². The van der Waals surface area contributed by atoms with Crippen LogP contribution in [-0.4, -0.2) is 84.3 Å². The Hall–Kier alpha value is -3.46. The van der Waals surface area contributed by atoms with Gasteiger partial charge in [-0.05, 0) is 49.5 Å². The van der Waals surface area contributed by atoms with Crippen molar-refractivity contribution >= 4 is 11.8 Å². The Morgan fingerprint density at radius 1 is 0.941 bits per heavy atom. The average molecular weight is 472 g/mol. The highest BCUT2D eigenvalue weighted by molar-refractivity contribution is 6.02. The summed E-state index contributed by atoms with van der Waals surface area (Å²) in [7, 11) is 11.7. The summed E-state index contributed by atoms with van der Waals surface area (Å²) in [6.07, 6.45) is 0. The summed E-state index contributed by atoms with van der Waals surface area (Å²) in [5.41, 5.74) is 1.74. The molecule has 2 atom stereocenters. The maximum Gasteiger partial charge on any atom is 0.254 e. The van der Waals surface area contributed by atoms with Crippen LogP contribution in [0.4, 0.5) is 0 Å². The molecule has 0 unspecified atom stereocenters. The van der Waals surface area contributed by atoms with Crippen LogP contribution in [0.3, 0.4) is 0 Å². The molecule has 2 aromatic carbocycles. The Morgan fingerprint density at radius 2 is 1.53 bits per heavy atom.